The largest absolute Gasteiger partial charge is 0.388 e. The molecule has 3 N–H and O–H groups in total. The predicted octanol–water partition coefficient (Wildman–Crippen LogP) is -0.476. The van der Waals surface area contributed by atoms with Crippen molar-refractivity contribution in [3.63, 3.8) is 0 Å². The van der Waals surface area contributed by atoms with Crippen LogP contribution in [0.1, 0.15) is 19.8 Å². The SMILES string of the molecule is CCCC1O[C@@H](S)C(O)C(O)[C@@H]1O. The molecule has 0 aromatic carbocycles. The van der Waals surface area contributed by atoms with E-state index >= 15 is 0 Å². The van der Waals surface area contributed by atoms with Crippen LogP contribution in [0.2, 0.25) is 0 Å². The molecule has 1 fully saturated rings. The second-order valence-corrected chi connectivity index (χ2v) is 3.83. The van der Waals surface area contributed by atoms with Crippen molar-refractivity contribution in [2.45, 2.75) is 49.6 Å². The van der Waals surface area contributed by atoms with Crippen LogP contribution in [0.3, 0.4) is 0 Å². The van der Waals surface area contributed by atoms with Gasteiger partial charge < -0.3 is 20.1 Å². The third-order valence-electron chi connectivity index (χ3n) is 2.26. The van der Waals surface area contributed by atoms with Crippen molar-refractivity contribution in [1.29, 1.82) is 0 Å². The Morgan fingerprint density at radius 1 is 1.15 bits per heavy atom. The third-order valence-corrected chi connectivity index (χ3v) is 2.69. The number of hydrogen-bond donors (Lipinski definition) is 4. The minimum absolute atomic E-state index is 0.425. The van der Waals surface area contributed by atoms with Gasteiger partial charge in [-0.3, -0.25) is 0 Å². The molecule has 78 valence electrons. The summed E-state index contributed by atoms with van der Waals surface area (Å²) in [5.41, 5.74) is -0.713. The van der Waals surface area contributed by atoms with Crippen LogP contribution in [0.5, 0.6) is 0 Å². The topological polar surface area (TPSA) is 69.9 Å². The van der Waals surface area contributed by atoms with E-state index in [9.17, 15) is 15.3 Å². The van der Waals surface area contributed by atoms with Crippen molar-refractivity contribution in [2.24, 2.45) is 0 Å². The Morgan fingerprint density at radius 2 is 1.77 bits per heavy atom. The summed E-state index contributed by atoms with van der Waals surface area (Å²) in [6, 6.07) is 0. The molecule has 3 unspecified atom stereocenters. The van der Waals surface area contributed by atoms with E-state index in [0.717, 1.165) is 6.42 Å². The van der Waals surface area contributed by atoms with Gasteiger partial charge in [0.25, 0.3) is 0 Å². The summed E-state index contributed by atoms with van der Waals surface area (Å²) in [4.78, 5) is 0. The first-order chi connectivity index (χ1) is 6.07. The molecule has 1 rings (SSSR count). The van der Waals surface area contributed by atoms with Crippen LogP contribution in [0.15, 0.2) is 0 Å². The van der Waals surface area contributed by atoms with Gasteiger partial charge in [0, 0.05) is 0 Å². The van der Waals surface area contributed by atoms with Gasteiger partial charge in [-0.15, -0.1) is 12.6 Å². The molecule has 0 bridgehead atoms. The highest BCUT2D eigenvalue weighted by Gasteiger charge is 2.41. The Kier molecular flexibility index (Phi) is 4.00. The lowest BCUT2D eigenvalue weighted by Gasteiger charge is -2.38. The van der Waals surface area contributed by atoms with Crippen molar-refractivity contribution >= 4 is 12.6 Å². The van der Waals surface area contributed by atoms with Gasteiger partial charge in [-0.25, -0.2) is 0 Å². The molecule has 1 heterocycles. The van der Waals surface area contributed by atoms with E-state index in [2.05, 4.69) is 12.6 Å². The molecule has 0 spiro atoms. The van der Waals surface area contributed by atoms with Gasteiger partial charge in [0.05, 0.1) is 6.10 Å². The van der Waals surface area contributed by atoms with Crippen LogP contribution in [0, 0.1) is 0 Å². The molecule has 0 radical (unpaired) electrons. The Hall–Kier alpha value is 0.190. The van der Waals surface area contributed by atoms with E-state index in [1.165, 1.54) is 0 Å². The lowest BCUT2D eigenvalue weighted by Crippen LogP contribution is -2.55. The minimum atomic E-state index is -1.16. The number of thiol groups is 1. The van der Waals surface area contributed by atoms with Crippen LogP contribution in [-0.4, -0.2) is 45.2 Å². The second-order valence-electron chi connectivity index (χ2n) is 3.33. The van der Waals surface area contributed by atoms with Gasteiger partial charge in [-0.1, -0.05) is 13.3 Å². The fourth-order valence-electron chi connectivity index (χ4n) is 1.45. The molecule has 1 aliphatic heterocycles. The number of rotatable bonds is 2. The number of hydrogen-bond acceptors (Lipinski definition) is 5. The summed E-state index contributed by atoms with van der Waals surface area (Å²) < 4.78 is 5.23. The Bertz CT molecular complexity index is 166. The predicted molar refractivity (Wildman–Crippen MR) is 50.6 cm³/mol. The van der Waals surface area contributed by atoms with Crippen molar-refractivity contribution in [2.75, 3.05) is 0 Å². The summed E-state index contributed by atoms with van der Waals surface area (Å²) in [5, 5.41) is 28.2. The fraction of sp³-hybridized carbons (Fsp3) is 1.00. The highest BCUT2D eigenvalue weighted by atomic mass is 32.1. The molecule has 5 heteroatoms. The smallest absolute Gasteiger partial charge is 0.129 e. The van der Waals surface area contributed by atoms with Crippen molar-refractivity contribution < 1.29 is 20.1 Å². The number of aliphatic hydroxyl groups is 3. The molecule has 13 heavy (non-hydrogen) atoms. The van der Waals surface area contributed by atoms with Crippen LogP contribution < -0.4 is 0 Å². The fourth-order valence-corrected chi connectivity index (χ4v) is 1.79. The summed E-state index contributed by atoms with van der Waals surface area (Å²) in [6.07, 6.45) is -2.21. The summed E-state index contributed by atoms with van der Waals surface area (Å²) in [6.45, 7) is 1.96. The maximum atomic E-state index is 9.49. The molecule has 1 saturated heterocycles. The first-order valence-electron chi connectivity index (χ1n) is 4.45. The number of ether oxygens (including phenoxy) is 1. The van der Waals surface area contributed by atoms with E-state index in [4.69, 9.17) is 4.74 Å². The molecule has 0 saturated carbocycles. The summed E-state index contributed by atoms with van der Waals surface area (Å²) >= 11 is 3.96. The maximum absolute atomic E-state index is 9.49. The average molecular weight is 208 g/mol. The second kappa shape index (κ2) is 4.61. The zero-order chi connectivity index (χ0) is 10.0. The normalized spacial score (nSPS) is 46.4. The van der Waals surface area contributed by atoms with Gasteiger partial charge in [-0.2, -0.15) is 0 Å². The van der Waals surface area contributed by atoms with E-state index in [0.29, 0.717) is 6.42 Å². The first-order valence-corrected chi connectivity index (χ1v) is 4.97. The maximum Gasteiger partial charge on any atom is 0.129 e. The van der Waals surface area contributed by atoms with E-state index in [1.54, 1.807) is 0 Å². The zero-order valence-corrected chi connectivity index (χ0v) is 8.39. The third kappa shape index (κ3) is 2.35. The molecule has 4 nitrogen and oxygen atoms in total. The van der Waals surface area contributed by atoms with Gasteiger partial charge in [0.2, 0.25) is 0 Å². The van der Waals surface area contributed by atoms with Crippen LogP contribution >= 0.6 is 12.6 Å². The summed E-state index contributed by atoms with van der Waals surface area (Å²) in [5.74, 6) is 0. The lowest BCUT2D eigenvalue weighted by molar-refractivity contribution is -0.198. The molecule has 0 aromatic rings. The lowest BCUT2D eigenvalue weighted by atomic mass is 9.97. The molecule has 0 amide bonds. The average Bonchev–Trinajstić information content (AvgIpc) is 2.11. The van der Waals surface area contributed by atoms with Gasteiger partial charge in [0.1, 0.15) is 23.7 Å². The van der Waals surface area contributed by atoms with Gasteiger partial charge in [0.15, 0.2) is 0 Å². The van der Waals surface area contributed by atoms with E-state index in [1.807, 2.05) is 6.92 Å². The molecular weight excluding hydrogens is 192 g/mol. The standard InChI is InChI=1S/C8H16O4S/c1-2-3-4-5(9)6(10)7(11)8(13)12-4/h4-11,13H,2-3H2,1H3/t4?,5-,6?,7?,8+/m1/s1. The molecule has 0 aliphatic carbocycles. The zero-order valence-electron chi connectivity index (χ0n) is 7.50. The van der Waals surface area contributed by atoms with Gasteiger partial charge in [-0.05, 0) is 6.42 Å². The summed E-state index contributed by atoms with van der Waals surface area (Å²) in [7, 11) is 0. The Balaban J connectivity index is 2.59. The van der Waals surface area contributed by atoms with Crippen molar-refractivity contribution in [3.05, 3.63) is 0 Å². The molecule has 0 aromatic heterocycles. The monoisotopic (exact) mass is 208 g/mol. The van der Waals surface area contributed by atoms with Crippen molar-refractivity contribution in [1.82, 2.24) is 0 Å². The van der Waals surface area contributed by atoms with Gasteiger partial charge >= 0.3 is 0 Å². The first kappa shape index (κ1) is 11.3. The van der Waals surface area contributed by atoms with Crippen LogP contribution in [0.4, 0.5) is 0 Å². The number of aliphatic hydroxyl groups excluding tert-OH is 3. The van der Waals surface area contributed by atoms with Crippen LogP contribution in [-0.2, 0) is 4.74 Å². The Labute approximate surface area is 82.9 Å². The highest BCUT2D eigenvalue weighted by molar-refractivity contribution is 7.80. The Morgan fingerprint density at radius 3 is 2.31 bits per heavy atom. The van der Waals surface area contributed by atoms with E-state index < -0.39 is 29.9 Å². The van der Waals surface area contributed by atoms with Crippen molar-refractivity contribution in [3.8, 4) is 0 Å². The molecule has 1 aliphatic rings. The molecule has 5 atom stereocenters. The quantitative estimate of drug-likeness (QED) is 0.463. The molecular formula is C8H16O4S. The van der Waals surface area contributed by atoms with E-state index in [-0.39, 0.29) is 0 Å². The highest BCUT2D eigenvalue weighted by Crippen LogP contribution is 2.25. The van der Waals surface area contributed by atoms with Crippen LogP contribution in [0.25, 0.3) is 0 Å². The minimum Gasteiger partial charge on any atom is -0.388 e.